The standard InChI is InChI=1S/C24H25N3O6/c1-4-31-22-14-18(11-13-21-24(27(29)30)17(3)26-33-21)10-12-20(22)32-15-23(28)25-16(2)19-8-6-5-7-9-19/h5-14,16H,4,15H2,1-3H3,(H,25,28)/b13-11+. The van der Waals surface area contributed by atoms with Gasteiger partial charge >= 0.3 is 5.69 Å². The number of nitrogens with zero attached hydrogens (tertiary/aromatic N) is 2. The van der Waals surface area contributed by atoms with Crippen molar-refractivity contribution in [1.29, 1.82) is 0 Å². The van der Waals surface area contributed by atoms with Gasteiger partial charge in [0, 0.05) is 0 Å². The van der Waals surface area contributed by atoms with E-state index >= 15 is 0 Å². The third-order valence-corrected chi connectivity index (χ3v) is 4.77. The number of aromatic nitrogens is 1. The molecule has 0 saturated carbocycles. The van der Waals surface area contributed by atoms with Gasteiger partial charge in [-0.05, 0) is 50.1 Å². The highest BCUT2D eigenvalue weighted by molar-refractivity contribution is 5.78. The van der Waals surface area contributed by atoms with Crippen LogP contribution in [0.1, 0.15) is 42.5 Å². The normalized spacial score (nSPS) is 11.8. The number of benzene rings is 2. The average Bonchev–Trinajstić information content (AvgIpc) is 3.18. The number of carbonyl (C=O) groups is 1. The molecule has 0 radical (unpaired) electrons. The van der Waals surface area contributed by atoms with Crippen molar-refractivity contribution in [2.45, 2.75) is 26.8 Å². The van der Waals surface area contributed by atoms with E-state index in [0.717, 1.165) is 5.56 Å². The van der Waals surface area contributed by atoms with E-state index in [1.807, 2.05) is 44.2 Å². The number of rotatable bonds is 10. The second kappa shape index (κ2) is 10.9. The van der Waals surface area contributed by atoms with Gasteiger partial charge < -0.3 is 19.3 Å². The zero-order valence-corrected chi connectivity index (χ0v) is 18.6. The maximum atomic E-state index is 12.3. The molecule has 0 aliphatic carbocycles. The second-order valence-corrected chi connectivity index (χ2v) is 7.20. The predicted octanol–water partition coefficient (Wildman–Crippen LogP) is 4.72. The molecule has 1 atom stereocenters. The molecule has 1 amide bonds. The van der Waals surface area contributed by atoms with E-state index in [1.54, 1.807) is 24.3 Å². The van der Waals surface area contributed by atoms with Gasteiger partial charge in [-0.25, -0.2) is 0 Å². The van der Waals surface area contributed by atoms with Crippen LogP contribution in [0.4, 0.5) is 5.69 Å². The van der Waals surface area contributed by atoms with Gasteiger partial charge in [-0.2, -0.15) is 0 Å². The molecule has 9 heteroatoms. The number of carbonyl (C=O) groups excluding carboxylic acids is 1. The van der Waals surface area contributed by atoms with E-state index in [2.05, 4.69) is 10.5 Å². The Kier molecular flexibility index (Phi) is 7.80. The predicted molar refractivity (Wildman–Crippen MR) is 123 cm³/mol. The van der Waals surface area contributed by atoms with Gasteiger partial charge in [0.05, 0.1) is 17.6 Å². The van der Waals surface area contributed by atoms with Gasteiger partial charge in [-0.3, -0.25) is 14.9 Å². The first-order valence-electron chi connectivity index (χ1n) is 10.4. The summed E-state index contributed by atoms with van der Waals surface area (Å²) in [5.74, 6) is 0.663. The summed E-state index contributed by atoms with van der Waals surface area (Å²) in [6.07, 6.45) is 3.12. The molecule has 33 heavy (non-hydrogen) atoms. The molecule has 2 aromatic carbocycles. The van der Waals surface area contributed by atoms with Crippen LogP contribution in [0.5, 0.6) is 11.5 Å². The SMILES string of the molecule is CCOc1cc(/C=C/c2onc(C)c2[N+](=O)[O-])ccc1OCC(=O)NC(C)c1ccccc1. The summed E-state index contributed by atoms with van der Waals surface area (Å²) in [4.78, 5) is 23.0. The van der Waals surface area contributed by atoms with Crippen molar-refractivity contribution in [3.63, 3.8) is 0 Å². The van der Waals surface area contributed by atoms with Crippen molar-refractivity contribution in [3.05, 3.63) is 81.2 Å². The topological polar surface area (TPSA) is 117 Å². The summed E-state index contributed by atoms with van der Waals surface area (Å²) in [5, 5.41) is 17.7. The van der Waals surface area contributed by atoms with Crippen LogP contribution < -0.4 is 14.8 Å². The molecular formula is C24H25N3O6. The van der Waals surface area contributed by atoms with E-state index in [0.29, 0.717) is 23.7 Å². The van der Waals surface area contributed by atoms with Crippen LogP contribution in [-0.2, 0) is 4.79 Å². The Morgan fingerprint density at radius 3 is 2.64 bits per heavy atom. The monoisotopic (exact) mass is 451 g/mol. The number of aryl methyl sites for hydroxylation is 1. The highest BCUT2D eigenvalue weighted by atomic mass is 16.6. The number of ether oxygens (including phenoxy) is 2. The molecule has 0 spiro atoms. The largest absolute Gasteiger partial charge is 0.490 e. The van der Waals surface area contributed by atoms with Gasteiger partial charge in [-0.1, -0.05) is 47.6 Å². The average molecular weight is 451 g/mol. The maximum absolute atomic E-state index is 12.3. The smallest absolute Gasteiger partial charge is 0.338 e. The Hall–Kier alpha value is -4.14. The number of hydrogen-bond acceptors (Lipinski definition) is 7. The molecule has 3 rings (SSSR count). The Balaban J connectivity index is 1.67. The van der Waals surface area contributed by atoms with Crippen LogP contribution in [-0.4, -0.2) is 29.2 Å². The quantitative estimate of drug-likeness (QED) is 0.350. The van der Waals surface area contributed by atoms with Crippen molar-refractivity contribution in [3.8, 4) is 11.5 Å². The third-order valence-electron chi connectivity index (χ3n) is 4.77. The Labute approximate surface area is 191 Å². The van der Waals surface area contributed by atoms with Crippen LogP contribution in [0, 0.1) is 17.0 Å². The Bertz CT molecular complexity index is 1140. The zero-order valence-electron chi connectivity index (χ0n) is 18.6. The van der Waals surface area contributed by atoms with Gasteiger partial charge in [0.1, 0.15) is 0 Å². The lowest BCUT2D eigenvalue weighted by atomic mass is 10.1. The molecular weight excluding hydrogens is 426 g/mol. The second-order valence-electron chi connectivity index (χ2n) is 7.20. The van der Waals surface area contributed by atoms with E-state index in [4.69, 9.17) is 14.0 Å². The molecule has 0 bridgehead atoms. The fourth-order valence-electron chi connectivity index (χ4n) is 3.15. The minimum atomic E-state index is -0.530. The number of hydrogen-bond donors (Lipinski definition) is 1. The molecule has 1 heterocycles. The molecule has 3 aromatic rings. The molecule has 1 N–H and O–H groups in total. The fourth-order valence-corrected chi connectivity index (χ4v) is 3.15. The number of amides is 1. The van der Waals surface area contributed by atoms with Gasteiger partial charge in [0.2, 0.25) is 5.76 Å². The molecule has 0 aliphatic rings. The summed E-state index contributed by atoms with van der Waals surface area (Å²) in [7, 11) is 0. The lowest BCUT2D eigenvalue weighted by Crippen LogP contribution is -2.31. The lowest BCUT2D eigenvalue weighted by Gasteiger charge is -2.16. The Morgan fingerprint density at radius 1 is 1.18 bits per heavy atom. The van der Waals surface area contributed by atoms with Crippen LogP contribution in [0.25, 0.3) is 12.2 Å². The van der Waals surface area contributed by atoms with Crippen molar-refractivity contribution < 1.29 is 23.7 Å². The minimum Gasteiger partial charge on any atom is -0.490 e. The van der Waals surface area contributed by atoms with E-state index in [9.17, 15) is 14.9 Å². The number of nitro groups is 1. The van der Waals surface area contributed by atoms with Crippen LogP contribution >= 0.6 is 0 Å². The maximum Gasteiger partial charge on any atom is 0.338 e. The molecule has 1 aromatic heterocycles. The lowest BCUT2D eigenvalue weighted by molar-refractivity contribution is -0.386. The molecule has 1 unspecified atom stereocenters. The summed E-state index contributed by atoms with van der Waals surface area (Å²) >= 11 is 0. The Morgan fingerprint density at radius 2 is 1.94 bits per heavy atom. The van der Waals surface area contributed by atoms with Crippen LogP contribution in [0.3, 0.4) is 0 Å². The summed E-state index contributed by atoms with van der Waals surface area (Å²) < 4.78 is 16.4. The summed E-state index contributed by atoms with van der Waals surface area (Å²) in [5.41, 5.74) is 1.74. The number of nitrogens with one attached hydrogen (secondary N) is 1. The van der Waals surface area contributed by atoms with Crippen molar-refractivity contribution in [1.82, 2.24) is 10.5 Å². The van der Waals surface area contributed by atoms with Crippen LogP contribution in [0.2, 0.25) is 0 Å². The van der Waals surface area contributed by atoms with E-state index < -0.39 is 4.92 Å². The highest BCUT2D eigenvalue weighted by Gasteiger charge is 2.22. The highest BCUT2D eigenvalue weighted by Crippen LogP contribution is 2.30. The molecule has 9 nitrogen and oxygen atoms in total. The molecule has 0 fully saturated rings. The first-order valence-corrected chi connectivity index (χ1v) is 10.4. The van der Waals surface area contributed by atoms with Crippen molar-refractivity contribution in [2.75, 3.05) is 13.2 Å². The van der Waals surface area contributed by atoms with Crippen LogP contribution in [0.15, 0.2) is 53.1 Å². The minimum absolute atomic E-state index is 0.0555. The summed E-state index contributed by atoms with van der Waals surface area (Å²) in [6, 6.07) is 14.6. The molecule has 0 aliphatic heterocycles. The van der Waals surface area contributed by atoms with Gasteiger partial charge in [0.25, 0.3) is 5.91 Å². The van der Waals surface area contributed by atoms with Crippen molar-refractivity contribution in [2.24, 2.45) is 0 Å². The van der Waals surface area contributed by atoms with Gasteiger partial charge in [-0.15, -0.1) is 0 Å². The van der Waals surface area contributed by atoms with E-state index in [1.165, 1.54) is 13.0 Å². The summed E-state index contributed by atoms with van der Waals surface area (Å²) in [6.45, 7) is 5.47. The van der Waals surface area contributed by atoms with E-state index in [-0.39, 0.29) is 35.7 Å². The first kappa shape index (κ1) is 23.5. The third kappa shape index (κ3) is 6.19. The first-order chi connectivity index (χ1) is 15.9. The molecule has 172 valence electrons. The van der Waals surface area contributed by atoms with Gasteiger partial charge in [0.15, 0.2) is 23.8 Å². The molecule has 0 saturated heterocycles. The van der Waals surface area contributed by atoms with Crippen molar-refractivity contribution >= 4 is 23.7 Å². The zero-order chi connectivity index (χ0) is 23.8. The fraction of sp³-hybridized carbons (Fsp3) is 0.250.